The normalized spacial score (nSPS) is 20.7. The van der Waals surface area contributed by atoms with Gasteiger partial charge in [-0.05, 0) is 51.7 Å². The summed E-state index contributed by atoms with van der Waals surface area (Å²) < 4.78 is 13.0. The average Bonchev–Trinajstić information content (AvgIpc) is 2.81. The number of rotatable bonds is 5. The van der Waals surface area contributed by atoms with Gasteiger partial charge >= 0.3 is 7.12 Å². The molecule has 144 valence electrons. The second-order valence-corrected chi connectivity index (χ2v) is 9.25. The summed E-state index contributed by atoms with van der Waals surface area (Å²) in [5.41, 5.74) is 3.27. The summed E-state index contributed by atoms with van der Waals surface area (Å²) in [6.07, 6.45) is 0. The third-order valence-electron chi connectivity index (χ3n) is 6.34. The van der Waals surface area contributed by atoms with E-state index in [0.29, 0.717) is 5.92 Å². The number of hydrogen-bond acceptors (Lipinski definition) is 2. The lowest BCUT2D eigenvalue weighted by molar-refractivity contribution is 0.00578. The summed E-state index contributed by atoms with van der Waals surface area (Å²) in [4.78, 5) is 0. The molecule has 3 rings (SSSR count). The molecule has 0 amide bonds. The van der Waals surface area contributed by atoms with Crippen molar-refractivity contribution in [3.63, 3.8) is 0 Å². The van der Waals surface area contributed by atoms with E-state index in [1.807, 2.05) is 0 Å². The Bertz CT molecular complexity index is 734. The van der Waals surface area contributed by atoms with Gasteiger partial charge in [0.2, 0.25) is 0 Å². The summed E-state index contributed by atoms with van der Waals surface area (Å²) in [7, 11) is -0.235. The second kappa shape index (κ2) is 7.45. The van der Waals surface area contributed by atoms with E-state index in [4.69, 9.17) is 9.31 Å². The van der Waals surface area contributed by atoms with Crippen molar-refractivity contribution >= 4 is 7.12 Å². The quantitative estimate of drug-likeness (QED) is 0.584. The van der Waals surface area contributed by atoms with Gasteiger partial charge in [0.25, 0.3) is 0 Å². The van der Waals surface area contributed by atoms with Gasteiger partial charge in [0.1, 0.15) is 0 Å². The van der Waals surface area contributed by atoms with Gasteiger partial charge in [0, 0.05) is 11.7 Å². The van der Waals surface area contributed by atoms with Crippen LogP contribution in [0.15, 0.2) is 54.6 Å². The van der Waals surface area contributed by atoms with Crippen LogP contribution in [0.25, 0.3) is 0 Å². The van der Waals surface area contributed by atoms with Crippen molar-refractivity contribution in [1.82, 2.24) is 0 Å². The highest BCUT2D eigenvalue weighted by Gasteiger charge is 2.55. The molecule has 27 heavy (non-hydrogen) atoms. The van der Waals surface area contributed by atoms with Gasteiger partial charge < -0.3 is 9.31 Å². The summed E-state index contributed by atoms with van der Waals surface area (Å²) in [6.45, 7) is 15.2. The lowest BCUT2D eigenvalue weighted by Gasteiger charge is -2.33. The summed E-state index contributed by atoms with van der Waals surface area (Å²) in [6, 6.07) is 19.7. The van der Waals surface area contributed by atoms with Gasteiger partial charge in [-0.2, -0.15) is 0 Å². The van der Waals surface area contributed by atoms with Crippen LogP contribution in [0, 0.1) is 12.8 Å². The Balaban J connectivity index is 2.07. The highest BCUT2D eigenvalue weighted by molar-refractivity contribution is 6.48. The van der Waals surface area contributed by atoms with Crippen molar-refractivity contribution < 1.29 is 9.31 Å². The first-order chi connectivity index (χ1) is 12.6. The first-order valence-corrected chi connectivity index (χ1v) is 10.1. The highest BCUT2D eigenvalue weighted by atomic mass is 16.7. The first-order valence-electron chi connectivity index (χ1n) is 10.1. The maximum atomic E-state index is 6.51. The zero-order chi connectivity index (χ0) is 19.8. The smallest absolute Gasteiger partial charge is 0.403 e. The van der Waals surface area contributed by atoms with E-state index < -0.39 is 0 Å². The van der Waals surface area contributed by atoms with E-state index >= 15 is 0 Å². The van der Waals surface area contributed by atoms with Crippen LogP contribution < -0.4 is 0 Å². The average molecular weight is 364 g/mol. The van der Waals surface area contributed by atoms with E-state index in [0.717, 1.165) is 0 Å². The minimum atomic E-state index is -0.320. The third-order valence-corrected chi connectivity index (χ3v) is 6.34. The second-order valence-electron chi connectivity index (χ2n) is 9.25. The van der Waals surface area contributed by atoms with Gasteiger partial charge in [-0.1, -0.05) is 74.0 Å². The molecule has 1 heterocycles. The lowest BCUT2D eigenvalue weighted by Crippen LogP contribution is -2.41. The van der Waals surface area contributed by atoms with Crippen molar-refractivity contribution in [1.29, 1.82) is 0 Å². The van der Waals surface area contributed by atoms with E-state index in [-0.39, 0.29) is 30.1 Å². The van der Waals surface area contributed by atoms with Gasteiger partial charge in [-0.3, -0.25) is 0 Å². The van der Waals surface area contributed by atoms with Crippen LogP contribution in [0.3, 0.4) is 0 Å². The van der Waals surface area contributed by atoms with Crippen LogP contribution in [0.5, 0.6) is 0 Å². The van der Waals surface area contributed by atoms with Crippen LogP contribution in [0.1, 0.15) is 64.2 Å². The minimum Gasteiger partial charge on any atom is -0.403 e. The van der Waals surface area contributed by atoms with Crippen LogP contribution in [-0.2, 0) is 9.31 Å². The molecule has 1 saturated heterocycles. The molecule has 0 bridgehead atoms. The Morgan fingerprint density at radius 2 is 1.22 bits per heavy atom. The SMILES string of the molecule is Cc1ccc([C@@H](c2ccccc2)[C@H](B2OC(C)(C)C(C)(C)O2)C(C)C)cc1. The fraction of sp³-hybridized carbons (Fsp3) is 0.500. The molecular weight excluding hydrogens is 331 g/mol. The maximum absolute atomic E-state index is 6.51. The molecule has 2 aromatic carbocycles. The van der Waals surface area contributed by atoms with Gasteiger partial charge in [-0.25, -0.2) is 0 Å². The minimum absolute atomic E-state index is 0.219. The monoisotopic (exact) mass is 364 g/mol. The molecule has 0 N–H and O–H groups in total. The van der Waals surface area contributed by atoms with Crippen molar-refractivity contribution in [3.8, 4) is 0 Å². The molecule has 0 saturated carbocycles. The van der Waals surface area contributed by atoms with Crippen LogP contribution in [0.4, 0.5) is 0 Å². The third kappa shape index (κ3) is 4.00. The van der Waals surface area contributed by atoms with Crippen molar-refractivity contribution in [3.05, 3.63) is 71.3 Å². The molecular formula is C24H33BO2. The molecule has 1 aliphatic rings. The predicted molar refractivity (Wildman–Crippen MR) is 114 cm³/mol. The topological polar surface area (TPSA) is 18.5 Å². The Labute approximate surface area is 165 Å². The largest absolute Gasteiger partial charge is 0.462 e. The van der Waals surface area contributed by atoms with E-state index in [9.17, 15) is 0 Å². The van der Waals surface area contributed by atoms with Gasteiger partial charge in [0.05, 0.1) is 11.2 Å². The molecule has 1 aliphatic heterocycles. The van der Waals surface area contributed by atoms with Crippen LogP contribution in [0.2, 0.25) is 5.82 Å². The van der Waals surface area contributed by atoms with Gasteiger partial charge in [-0.15, -0.1) is 0 Å². The molecule has 3 heteroatoms. The van der Waals surface area contributed by atoms with Crippen LogP contribution in [-0.4, -0.2) is 18.3 Å². The van der Waals surface area contributed by atoms with Crippen molar-refractivity contribution in [2.75, 3.05) is 0 Å². The molecule has 0 aromatic heterocycles. The molecule has 2 aromatic rings. The predicted octanol–water partition coefficient (Wildman–Crippen LogP) is 6.25. The van der Waals surface area contributed by atoms with E-state index in [2.05, 4.69) is 103 Å². The molecule has 0 aliphatic carbocycles. The van der Waals surface area contributed by atoms with Gasteiger partial charge in [0.15, 0.2) is 0 Å². The molecule has 2 nitrogen and oxygen atoms in total. The zero-order valence-electron chi connectivity index (χ0n) is 17.8. The highest BCUT2D eigenvalue weighted by Crippen LogP contribution is 2.49. The molecule has 0 radical (unpaired) electrons. The number of hydrogen-bond donors (Lipinski definition) is 0. The van der Waals surface area contributed by atoms with E-state index in [1.54, 1.807) is 0 Å². The zero-order valence-corrected chi connectivity index (χ0v) is 17.8. The van der Waals surface area contributed by atoms with Crippen LogP contribution >= 0.6 is 0 Å². The molecule has 1 fully saturated rings. The fourth-order valence-electron chi connectivity index (χ4n) is 3.97. The Morgan fingerprint density at radius 1 is 0.741 bits per heavy atom. The summed E-state index contributed by atoms with van der Waals surface area (Å²) >= 11 is 0. The first kappa shape index (κ1) is 20.2. The van der Waals surface area contributed by atoms with Crippen molar-refractivity contribution in [2.45, 2.75) is 71.4 Å². The summed E-state index contributed by atoms with van der Waals surface area (Å²) in [5.74, 6) is 0.851. The number of aryl methyl sites for hydroxylation is 1. The Morgan fingerprint density at radius 3 is 1.70 bits per heavy atom. The molecule has 0 unspecified atom stereocenters. The standard InChI is InChI=1S/C24H33BO2/c1-17(2)22(25-26-23(4,5)24(6,7)27-25)21(19-11-9-8-10-12-19)20-15-13-18(3)14-16-20/h8-17,21-22H,1-7H3/t21-,22-/m1/s1. The Hall–Kier alpha value is -1.58. The van der Waals surface area contributed by atoms with Crippen molar-refractivity contribution in [2.24, 2.45) is 5.92 Å². The van der Waals surface area contributed by atoms with E-state index in [1.165, 1.54) is 16.7 Å². The lowest BCUT2D eigenvalue weighted by atomic mass is 9.56. The summed E-state index contributed by atoms with van der Waals surface area (Å²) in [5, 5.41) is 0. The Kier molecular flexibility index (Phi) is 5.56. The number of benzene rings is 2. The molecule has 0 spiro atoms. The molecule has 2 atom stereocenters. The maximum Gasteiger partial charge on any atom is 0.462 e. The fourth-order valence-corrected chi connectivity index (χ4v) is 3.97.